The molecule has 0 atom stereocenters. The van der Waals surface area contributed by atoms with Crippen molar-refractivity contribution in [2.24, 2.45) is 5.84 Å². The van der Waals surface area contributed by atoms with Crippen molar-refractivity contribution in [3.05, 3.63) is 0 Å². The molecule has 0 saturated heterocycles. The van der Waals surface area contributed by atoms with Gasteiger partial charge in [-0.15, -0.1) is 0 Å². The summed E-state index contributed by atoms with van der Waals surface area (Å²) in [5, 5.41) is 2.41. The van der Waals surface area contributed by atoms with Gasteiger partial charge in [0, 0.05) is 19.8 Å². The molecule has 0 heterocycles. The first-order chi connectivity index (χ1) is 7.22. The van der Waals surface area contributed by atoms with Crippen LogP contribution < -0.4 is 16.6 Å². The number of unbranched alkanes of at least 4 members (excludes halogenated alkanes) is 1. The van der Waals surface area contributed by atoms with Gasteiger partial charge in [-0.3, -0.25) is 15.0 Å². The molecule has 0 aromatic carbocycles. The van der Waals surface area contributed by atoms with Crippen LogP contribution in [0.4, 0.5) is 0 Å². The monoisotopic (exact) mass is 217 g/mol. The molecule has 0 bridgehead atoms. The molecule has 0 aliphatic heterocycles. The van der Waals surface area contributed by atoms with E-state index in [4.69, 9.17) is 10.6 Å². The molecule has 0 aliphatic rings. The van der Waals surface area contributed by atoms with Crippen molar-refractivity contribution in [3.63, 3.8) is 0 Å². The van der Waals surface area contributed by atoms with Gasteiger partial charge in [0.15, 0.2) is 0 Å². The van der Waals surface area contributed by atoms with Crippen LogP contribution in [-0.4, -0.2) is 31.6 Å². The molecular formula is C9H19N3O3. The normalized spacial score (nSPS) is 9.73. The van der Waals surface area contributed by atoms with E-state index >= 15 is 0 Å². The number of rotatable bonds is 7. The first kappa shape index (κ1) is 13.9. The number of carbonyl (C=O) groups excluding carboxylic acids is 2. The van der Waals surface area contributed by atoms with E-state index < -0.39 is 11.8 Å². The van der Waals surface area contributed by atoms with E-state index in [1.807, 2.05) is 0 Å². The third-order valence-electron chi connectivity index (χ3n) is 1.73. The molecule has 0 rings (SSSR count). The fourth-order valence-electron chi connectivity index (χ4n) is 0.870. The van der Waals surface area contributed by atoms with Crippen molar-refractivity contribution in [1.82, 2.24) is 10.7 Å². The molecule has 88 valence electrons. The number of ether oxygens (including phenoxy) is 1. The van der Waals surface area contributed by atoms with Crippen LogP contribution in [0.15, 0.2) is 0 Å². The molecule has 0 unspecified atom stereocenters. The predicted molar refractivity (Wildman–Crippen MR) is 55.7 cm³/mol. The molecule has 15 heavy (non-hydrogen) atoms. The number of hydrazine groups is 1. The largest absolute Gasteiger partial charge is 0.381 e. The standard InChI is InChI=1S/C9H19N3O3/c1-2-3-6-15-7-4-5-11-8(13)9(14)12-10/h2-7,10H2,1H3,(H,11,13)(H,12,14). The molecule has 6 nitrogen and oxygen atoms in total. The second kappa shape index (κ2) is 9.42. The van der Waals surface area contributed by atoms with E-state index in [9.17, 15) is 9.59 Å². The van der Waals surface area contributed by atoms with Crippen molar-refractivity contribution in [2.45, 2.75) is 26.2 Å². The smallest absolute Gasteiger partial charge is 0.323 e. The lowest BCUT2D eigenvalue weighted by Crippen LogP contribution is -2.43. The summed E-state index contributed by atoms with van der Waals surface area (Å²) in [6.45, 7) is 3.84. The number of amides is 2. The zero-order chi connectivity index (χ0) is 11.5. The van der Waals surface area contributed by atoms with Crippen LogP contribution in [0, 0.1) is 0 Å². The highest BCUT2D eigenvalue weighted by atomic mass is 16.5. The molecule has 2 amide bonds. The van der Waals surface area contributed by atoms with Crippen LogP contribution in [0.3, 0.4) is 0 Å². The number of hydrogen-bond acceptors (Lipinski definition) is 4. The van der Waals surface area contributed by atoms with Crippen molar-refractivity contribution in [1.29, 1.82) is 0 Å². The molecule has 4 N–H and O–H groups in total. The number of nitrogens with two attached hydrogens (primary N) is 1. The fourth-order valence-corrected chi connectivity index (χ4v) is 0.870. The Balaban J connectivity index is 3.24. The minimum atomic E-state index is -0.832. The summed E-state index contributed by atoms with van der Waals surface area (Å²) < 4.78 is 5.27. The molecule has 0 spiro atoms. The molecular weight excluding hydrogens is 198 g/mol. The zero-order valence-electron chi connectivity index (χ0n) is 9.04. The van der Waals surface area contributed by atoms with E-state index in [1.54, 1.807) is 5.43 Å². The molecule has 0 saturated carbocycles. The quantitative estimate of drug-likeness (QED) is 0.173. The van der Waals surface area contributed by atoms with Gasteiger partial charge in [0.25, 0.3) is 0 Å². The van der Waals surface area contributed by atoms with Crippen molar-refractivity contribution in [3.8, 4) is 0 Å². The molecule has 6 heteroatoms. The maximum atomic E-state index is 10.9. The predicted octanol–water partition coefficient (Wildman–Crippen LogP) is -0.701. The van der Waals surface area contributed by atoms with E-state index in [0.29, 0.717) is 19.6 Å². The van der Waals surface area contributed by atoms with Gasteiger partial charge in [0.2, 0.25) is 0 Å². The maximum absolute atomic E-state index is 10.9. The van der Waals surface area contributed by atoms with E-state index in [2.05, 4.69) is 12.2 Å². The molecule has 0 aromatic rings. The molecule has 0 fully saturated rings. The lowest BCUT2D eigenvalue weighted by atomic mass is 10.3. The van der Waals surface area contributed by atoms with Crippen LogP contribution in [0.2, 0.25) is 0 Å². The van der Waals surface area contributed by atoms with Crippen LogP contribution in [0.25, 0.3) is 0 Å². The summed E-state index contributed by atoms with van der Waals surface area (Å²) in [6, 6.07) is 0. The molecule has 0 aliphatic carbocycles. The average molecular weight is 217 g/mol. The third kappa shape index (κ3) is 7.90. The molecule has 0 radical (unpaired) electrons. The second-order valence-corrected chi connectivity index (χ2v) is 3.05. The Bertz CT molecular complexity index is 197. The summed E-state index contributed by atoms with van der Waals surface area (Å²) in [7, 11) is 0. The Morgan fingerprint density at radius 2 is 1.87 bits per heavy atom. The van der Waals surface area contributed by atoms with Gasteiger partial charge in [-0.1, -0.05) is 13.3 Å². The van der Waals surface area contributed by atoms with Gasteiger partial charge in [-0.2, -0.15) is 0 Å². The lowest BCUT2D eigenvalue weighted by molar-refractivity contribution is -0.139. The minimum Gasteiger partial charge on any atom is -0.381 e. The summed E-state index contributed by atoms with van der Waals surface area (Å²) in [4.78, 5) is 21.5. The zero-order valence-corrected chi connectivity index (χ0v) is 9.04. The summed E-state index contributed by atoms with van der Waals surface area (Å²) in [5.41, 5.74) is 1.75. The number of hydrogen-bond donors (Lipinski definition) is 3. The number of nitrogens with one attached hydrogen (secondary N) is 2. The lowest BCUT2D eigenvalue weighted by Gasteiger charge is -2.04. The maximum Gasteiger partial charge on any atom is 0.323 e. The van der Waals surface area contributed by atoms with Gasteiger partial charge in [0.1, 0.15) is 0 Å². The van der Waals surface area contributed by atoms with Gasteiger partial charge >= 0.3 is 11.8 Å². The first-order valence-electron chi connectivity index (χ1n) is 5.08. The van der Waals surface area contributed by atoms with Gasteiger partial charge in [0.05, 0.1) is 0 Å². The summed E-state index contributed by atoms with van der Waals surface area (Å²) in [5.74, 6) is 3.22. The Morgan fingerprint density at radius 1 is 1.20 bits per heavy atom. The average Bonchev–Trinajstić information content (AvgIpc) is 2.26. The van der Waals surface area contributed by atoms with Crippen molar-refractivity contribution >= 4 is 11.8 Å². The Kier molecular flexibility index (Phi) is 8.70. The minimum absolute atomic E-state index is 0.415. The topological polar surface area (TPSA) is 93.4 Å². The van der Waals surface area contributed by atoms with Crippen LogP contribution in [0.5, 0.6) is 0 Å². The van der Waals surface area contributed by atoms with Gasteiger partial charge < -0.3 is 10.1 Å². The summed E-state index contributed by atoms with van der Waals surface area (Å²) in [6.07, 6.45) is 2.84. The fraction of sp³-hybridized carbons (Fsp3) is 0.778. The van der Waals surface area contributed by atoms with Crippen LogP contribution >= 0.6 is 0 Å². The Hall–Kier alpha value is -1.14. The van der Waals surface area contributed by atoms with E-state index in [-0.39, 0.29) is 0 Å². The highest BCUT2D eigenvalue weighted by Crippen LogP contribution is 1.88. The number of carbonyl (C=O) groups is 2. The highest BCUT2D eigenvalue weighted by Gasteiger charge is 2.09. The van der Waals surface area contributed by atoms with Crippen molar-refractivity contribution < 1.29 is 14.3 Å². The van der Waals surface area contributed by atoms with Crippen LogP contribution in [-0.2, 0) is 14.3 Å². The SMILES string of the molecule is CCCCOCCCNC(=O)C(=O)NN. The Morgan fingerprint density at radius 3 is 2.47 bits per heavy atom. The van der Waals surface area contributed by atoms with Crippen LogP contribution in [0.1, 0.15) is 26.2 Å². The summed E-state index contributed by atoms with van der Waals surface area (Å²) >= 11 is 0. The van der Waals surface area contributed by atoms with Crippen molar-refractivity contribution in [2.75, 3.05) is 19.8 Å². The third-order valence-corrected chi connectivity index (χ3v) is 1.73. The molecule has 0 aromatic heterocycles. The Labute approximate surface area is 89.5 Å². The second-order valence-electron chi connectivity index (χ2n) is 3.05. The van der Waals surface area contributed by atoms with E-state index in [1.165, 1.54) is 0 Å². The van der Waals surface area contributed by atoms with Gasteiger partial charge in [-0.05, 0) is 12.8 Å². The first-order valence-corrected chi connectivity index (χ1v) is 5.08. The highest BCUT2D eigenvalue weighted by molar-refractivity contribution is 6.34. The van der Waals surface area contributed by atoms with E-state index in [0.717, 1.165) is 19.4 Å². The van der Waals surface area contributed by atoms with Gasteiger partial charge in [-0.25, -0.2) is 5.84 Å².